The van der Waals surface area contributed by atoms with Gasteiger partial charge in [0, 0.05) is 67.1 Å². The average Bonchev–Trinajstić information content (AvgIpc) is 4.17. The quantitative estimate of drug-likeness (QED) is 0.0814. The number of nitrogens with zero attached hydrogens (tertiary/aromatic N) is 5. The minimum Gasteiger partial charge on any atom is -0.477 e. The summed E-state index contributed by atoms with van der Waals surface area (Å²) in [4.78, 5) is 23.5. The van der Waals surface area contributed by atoms with Gasteiger partial charge in [-0.15, -0.1) is 22.7 Å². The summed E-state index contributed by atoms with van der Waals surface area (Å²) in [6.07, 6.45) is 3.43. The van der Waals surface area contributed by atoms with Gasteiger partial charge in [-0.05, 0) is 137 Å². The number of anilines is 6. The van der Waals surface area contributed by atoms with Crippen molar-refractivity contribution in [1.82, 2.24) is 9.55 Å². The number of carbonyl (C=O) groups is 1. The normalized spacial score (nSPS) is 11.4. The lowest BCUT2D eigenvalue weighted by Crippen LogP contribution is -2.09. The zero-order valence-corrected chi connectivity index (χ0v) is 38.9. The van der Waals surface area contributed by atoms with Gasteiger partial charge in [0.15, 0.2) is 0 Å². The fourth-order valence-electron chi connectivity index (χ4n) is 8.67. The van der Waals surface area contributed by atoms with Crippen molar-refractivity contribution in [2.24, 2.45) is 0 Å². The van der Waals surface area contributed by atoms with Crippen molar-refractivity contribution in [1.29, 1.82) is 5.26 Å². The number of imidazole rings is 1. The molecule has 9 heteroatoms. The van der Waals surface area contributed by atoms with Crippen LogP contribution in [-0.4, -0.2) is 20.6 Å². The molecule has 0 saturated heterocycles. The van der Waals surface area contributed by atoms with Gasteiger partial charge in [-0.1, -0.05) is 110 Å². The van der Waals surface area contributed by atoms with Gasteiger partial charge < -0.3 is 19.5 Å². The summed E-state index contributed by atoms with van der Waals surface area (Å²) < 4.78 is 2.42. The van der Waals surface area contributed by atoms with Crippen molar-refractivity contribution >= 4 is 79.9 Å². The Balaban J connectivity index is 1.11. The molecule has 10 aromatic rings. The molecular formula is C59H45N5O2S2. The second kappa shape index (κ2) is 19.7. The van der Waals surface area contributed by atoms with E-state index in [0.717, 1.165) is 109 Å². The zero-order valence-electron chi connectivity index (χ0n) is 37.2. The van der Waals surface area contributed by atoms with Crippen LogP contribution in [0.25, 0.3) is 61.2 Å². The minimum atomic E-state index is -1.24. The van der Waals surface area contributed by atoms with E-state index in [2.05, 4.69) is 190 Å². The standard InChI is InChI=1S/C59H45N5O2S2/c1-2-3-34-62-57-53(41-24-28-50(29-25-41)63(46-16-8-4-9-17-46)47-18-10-5-11-19-47)32-33-54(55-37-45(40-68-55)44-36-52(67-39-44)35-43(38-60)59(65)66)56(57)61-58(62)42-26-30-51(31-27-42)64(48-20-12-6-13-21-48)49-22-14-7-15-23-49/h4-33,35-37,39-40H,2-3,34H2,1H3,(H,65,66)/b43-35-. The maximum atomic E-state index is 11.6. The second-order valence-electron chi connectivity index (χ2n) is 16.3. The number of hydrogen-bond donors (Lipinski definition) is 1. The van der Waals surface area contributed by atoms with Gasteiger partial charge in [-0.3, -0.25) is 0 Å². The van der Waals surface area contributed by atoms with Gasteiger partial charge in [0.05, 0.1) is 11.0 Å². The van der Waals surface area contributed by atoms with Crippen LogP contribution < -0.4 is 9.80 Å². The number of benzene rings is 7. The van der Waals surface area contributed by atoms with Gasteiger partial charge in [-0.2, -0.15) is 5.26 Å². The summed E-state index contributed by atoms with van der Waals surface area (Å²) in [5.74, 6) is -0.326. The van der Waals surface area contributed by atoms with Gasteiger partial charge in [0.25, 0.3) is 0 Å². The fourth-order valence-corrected chi connectivity index (χ4v) is 10.5. The molecule has 0 amide bonds. The van der Waals surface area contributed by atoms with Crippen LogP contribution in [0.4, 0.5) is 34.1 Å². The van der Waals surface area contributed by atoms with Crippen LogP contribution in [0.3, 0.4) is 0 Å². The minimum absolute atomic E-state index is 0.292. The summed E-state index contributed by atoms with van der Waals surface area (Å²) in [5, 5.41) is 23.0. The van der Waals surface area contributed by atoms with Crippen LogP contribution in [0, 0.1) is 11.3 Å². The van der Waals surface area contributed by atoms with E-state index in [-0.39, 0.29) is 5.57 Å². The highest BCUT2D eigenvalue weighted by atomic mass is 32.1. The lowest BCUT2D eigenvalue weighted by atomic mass is 9.99. The van der Waals surface area contributed by atoms with Gasteiger partial charge >= 0.3 is 5.97 Å². The predicted molar refractivity (Wildman–Crippen MR) is 283 cm³/mol. The van der Waals surface area contributed by atoms with Crippen LogP contribution >= 0.6 is 22.7 Å². The third-order valence-corrected chi connectivity index (χ3v) is 13.8. The highest BCUT2D eigenvalue weighted by Gasteiger charge is 2.23. The summed E-state index contributed by atoms with van der Waals surface area (Å²) >= 11 is 3.07. The molecule has 0 unspecified atom stereocenters. The molecular weight excluding hydrogens is 875 g/mol. The summed E-state index contributed by atoms with van der Waals surface area (Å²) in [5.41, 5.74) is 14.4. The molecule has 7 aromatic carbocycles. The van der Waals surface area contributed by atoms with Crippen molar-refractivity contribution in [2.75, 3.05) is 9.80 Å². The lowest BCUT2D eigenvalue weighted by Gasteiger charge is -2.25. The van der Waals surface area contributed by atoms with Gasteiger partial charge in [-0.25, -0.2) is 9.78 Å². The molecule has 3 heterocycles. The molecule has 10 rings (SSSR count). The first-order valence-electron chi connectivity index (χ1n) is 22.5. The van der Waals surface area contributed by atoms with Crippen molar-refractivity contribution < 1.29 is 9.90 Å². The largest absolute Gasteiger partial charge is 0.477 e. The van der Waals surface area contributed by atoms with Gasteiger partial charge in [0.1, 0.15) is 17.5 Å². The Morgan fingerprint density at radius 2 is 1.07 bits per heavy atom. The smallest absolute Gasteiger partial charge is 0.346 e. The van der Waals surface area contributed by atoms with Crippen molar-refractivity contribution in [2.45, 2.75) is 26.3 Å². The Morgan fingerprint density at radius 3 is 1.57 bits per heavy atom. The third kappa shape index (κ3) is 8.86. The number of carboxylic acids is 1. The molecule has 0 fully saturated rings. The number of aryl methyl sites for hydroxylation is 1. The predicted octanol–water partition coefficient (Wildman–Crippen LogP) is 16.6. The summed E-state index contributed by atoms with van der Waals surface area (Å²) in [6, 6.07) is 69.8. The summed E-state index contributed by atoms with van der Waals surface area (Å²) in [7, 11) is 0. The molecule has 0 atom stereocenters. The lowest BCUT2D eigenvalue weighted by molar-refractivity contribution is -0.132. The molecule has 0 aliphatic heterocycles. The highest BCUT2D eigenvalue weighted by Crippen LogP contribution is 2.44. The van der Waals surface area contributed by atoms with Crippen molar-refractivity contribution in [3.63, 3.8) is 0 Å². The SMILES string of the molecule is CCCCn1c(-c2ccc(N(c3ccccc3)c3ccccc3)cc2)nc2c(-c3cc(-c4csc(/C=C(/C#N)C(=O)O)c4)cs3)ccc(-c3ccc(N(c4ccccc4)c4ccccc4)cc3)c21. The van der Waals surface area contributed by atoms with E-state index >= 15 is 0 Å². The monoisotopic (exact) mass is 919 g/mol. The molecule has 0 aliphatic carbocycles. The molecule has 0 saturated carbocycles. The van der Waals surface area contributed by atoms with Crippen LogP contribution in [-0.2, 0) is 11.3 Å². The number of fused-ring (bicyclic) bond motifs is 1. The van der Waals surface area contributed by atoms with Crippen LogP contribution in [0.1, 0.15) is 24.6 Å². The first kappa shape index (κ1) is 43.6. The van der Waals surface area contributed by atoms with E-state index in [9.17, 15) is 15.2 Å². The molecule has 0 bridgehead atoms. The number of aromatic nitrogens is 2. The molecule has 330 valence electrons. The van der Waals surface area contributed by atoms with Crippen LogP contribution in [0.15, 0.2) is 210 Å². The van der Waals surface area contributed by atoms with Crippen LogP contribution in [0.2, 0.25) is 0 Å². The van der Waals surface area contributed by atoms with Crippen LogP contribution in [0.5, 0.6) is 0 Å². The molecule has 0 radical (unpaired) electrons. The van der Waals surface area contributed by atoms with Gasteiger partial charge in [0.2, 0.25) is 0 Å². The second-order valence-corrected chi connectivity index (χ2v) is 18.2. The number of thiophene rings is 2. The maximum absolute atomic E-state index is 11.6. The highest BCUT2D eigenvalue weighted by molar-refractivity contribution is 7.14. The number of nitriles is 1. The molecule has 0 spiro atoms. The number of carboxylic acid groups (broad SMARTS) is 1. The number of para-hydroxylation sites is 4. The maximum Gasteiger partial charge on any atom is 0.346 e. The van der Waals surface area contributed by atoms with E-state index in [1.54, 1.807) is 17.4 Å². The number of unbranched alkanes of at least 4 members (excludes halogenated alkanes) is 1. The molecule has 1 N–H and O–H groups in total. The fraction of sp³-hybridized carbons (Fsp3) is 0.0678. The molecule has 7 nitrogen and oxygen atoms in total. The first-order valence-corrected chi connectivity index (χ1v) is 24.3. The number of hydrogen-bond acceptors (Lipinski definition) is 7. The number of aliphatic carboxylic acids is 1. The van der Waals surface area contributed by atoms with E-state index in [4.69, 9.17) is 4.98 Å². The first-order chi connectivity index (χ1) is 33.5. The Labute approximate surface area is 404 Å². The summed E-state index contributed by atoms with van der Waals surface area (Å²) in [6.45, 7) is 3.02. The molecule has 68 heavy (non-hydrogen) atoms. The Kier molecular flexibility index (Phi) is 12.6. The zero-order chi connectivity index (χ0) is 46.4. The van der Waals surface area contributed by atoms with E-state index < -0.39 is 5.97 Å². The average molecular weight is 920 g/mol. The Hall–Kier alpha value is -8.29. The topological polar surface area (TPSA) is 85.4 Å². The Bertz CT molecular complexity index is 3330. The number of rotatable bonds is 15. The van der Waals surface area contributed by atoms with Crippen molar-refractivity contribution in [3.8, 4) is 50.2 Å². The van der Waals surface area contributed by atoms with E-state index in [1.807, 2.05) is 35.7 Å². The van der Waals surface area contributed by atoms with E-state index in [1.165, 1.54) is 17.4 Å². The van der Waals surface area contributed by atoms with E-state index in [0.29, 0.717) is 4.88 Å². The molecule has 0 aliphatic rings. The van der Waals surface area contributed by atoms with Crippen molar-refractivity contribution in [3.05, 3.63) is 215 Å². The third-order valence-electron chi connectivity index (χ3n) is 12.0. The Morgan fingerprint density at radius 1 is 0.603 bits per heavy atom. The molecule has 3 aromatic heterocycles.